The lowest BCUT2D eigenvalue weighted by atomic mass is 10.3. The Bertz CT molecular complexity index is 436. The van der Waals surface area contributed by atoms with E-state index in [1.807, 2.05) is 0 Å². The second-order valence-corrected chi connectivity index (χ2v) is 3.58. The molecule has 0 saturated carbocycles. The molecule has 104 valence electrons. The van der Waals surface area contributed by atoms with Crippen molar-refractivity contribution >= 4 is 17.8 Å². The standard InChI is InChI=1S/C12H16FN3O3/c1-2-19-12(18)16(8-7-14)11(17)15-10-5-3-9(13)4-6-10/h3-6H,2,7-8,14H2,1H3,(H,15,17). The number of nitrogens with zero attached hydrogens (tertiary/aromatic N) is 1. The Balaban J connectivity index is 2.71. The van der Waals surface area contributed by atoms with Crippen molar-refractivity contribution in [1.29, 1.82) is 0 Å². The monoisotopic (exact) mass is 269 g/mol. The average molecular weight is 269 g/mol. The van der Waals surface area contributed by atoms with Crippen LogP contribution in [0.25, 0.3) is 0 Å². The molecule has 0 spiro atoms. The van der Waals surface area contributed by atoms with Gasteiger partial charge in [0.2, 0.25) is 0 Å². The van der Waals surface area contributed by atoms with Crippen LogP contribution in [-0.4, -0.2) is 36.7 Å². The average Bonchev–Trinajstić information content (AvgIpc) is 2.38. The van der Waals surface area contributed by atoms with Crippen LogP contribution in [0.3, 0.4) is 0 Å². The molecule has 0 saturated heterocycles. The maximum Gasteiger partial charge on any atom is 0.418 e. The number of ether oxygens (including phenoxy) is 1. The molecule has 0 fully saturated rings. The smallest absolute Gasteiger partial charge is 0.418 e. The van der Waals surface area contributed by atoms with Crippen molar-refractivity contribution in [3.8, 4) is 0 Å². The minimum atomic E-state index is -0.771. The molecule has 1 aromatic rings. The number of urea groups is 1. The summed E-state index contributed by atoms with van der Waals surface area (Å²) in [4.78, 5) is 24.3. The number of amides is 3. The molecule has 0 aliphatic heterocycles. The molecular formula is C12H16FN3O3. The summed E-state index contributed by atoms with van der Waals surface area (Å²) in [6.07, 6.45) is -0.771. The Labute approximate surface area is 110 Å². The van der Waals surface area contributed by atoms with Crippen molar-refractivity contribution < 1.29 is 18.7 Å². The summed E-state index contributed by atoms with van der Waals surface area (Å²) < 4.78 is 17.5. The number of benzene rings is 1. The zero-order valence-electron chi connectivity index (χ0n) is 10.6. The van der Waals surface area contributed by atoms with Gasteiger partial charge >= 0.3 is 12.1 Å². The van der Waals surface area contributed by atoms with Crippen molar-refractivity contribution in [3.05, 3.63) is 30.1 Å². The molecule has 7 heteroatoms. The van der Waals surface area contributed by atoms with Crippen LogP contribution in [0.15, 0.2) is 24.3 Å². The van der Waals surface area contributed by atoms with Gasteiger partial charge in [-0.2, -0.15) is 0 Å². The van der Waals surface area contributed by atoms with E-state index in [1.165, 1.54) is 24.3 Å². The Morgan fingerprint density at radius 3 is 2.53 bits per heavy atom. The quantitative estimate of drug-likeness (QED) is 0.872. The van der Waals surface area contributed by atoms with Gasteiger partial charge < -0.3 is 15.8 Å². The van der Waals surface area contributed by atoms with Crippen molar-refractivity contribution in [3.63, 3.8) is 0 Å². The fourth-order valence-electron chi connectivity index (χ4n) is 1.33. The molecule has 1 rings (SSSR count). The molecule has 0 heterocycles. The molecule has 0 aliphatic carbocycles. The number of halogens is 1. The molecule has 0 aliphatic rings. The zero-order chi connectivity index (χ0) is 14.3. The lowest BCUT2D eigenvalue weighted by Gasteiger charge is -2.19. The van der Waals surface area contributed by atoms with Crippen LogP contribution in [0.5, 0.6) is 0 Å². The molecule has 6 nitrogen and oxygen atoms in total. The SMILES string of the molecule is CCOC(=O)N(CCN)C(=O)Nc1ccc(F)cc1. The highest BCUT2D eigenvalue weighted by molar-refractivity contribution is 5.99. The van der Waals surface area contributed by atoms with Gasteiger partial charge in [-0.25, -0.2) is 18.9 Å². The molecule has 0 aromatic heterocycles. The summed E-state index contributed by atoms with van der Waals surface area (Å²) in [7, 11) is 0. The fraction of sp³-hybridized carbons (Fsp3) is 0.333. The van der Waals surface area contributed by atoms with E-state index in [2.05, 4.69) is 5.32 Å². The summed E-state index contributed by atoms with van der Waals surface area (Å²) in [6, 6.07) is 4.51. The molecule has 19 heavy (non-hydrogen) atoms. The van der Waals surface area contributed by atoms with Gasteiger partial charge in [0.25, 0.3) is 0 Å². The number of rotatable bonds is 4. The molecule has 3 amide bonds. The van der Waals surface area contributed by atoms with Crippen molar-refractivity contribution in [2.45, 2.75) is 6.92 Å². The molecule has 0 atom stereocenters. The number of imide groups is 1. The molecular weight excluding hydrogens is 253 g/mol. The van der Waals surface area contributed by atoms with Crippen LogP contribution in [0.4, 0.5) is 19.7 Å². The number of nitrogens with two attached hydrogens (primary N) is 1. The van der Waals surface area contributed by atoms with Gasteiger partial charge in [-0.15, -0.1) is 0 Å². The molecule has 0 unspecified atom stereocenters. The summed E-state index contributed by atoms with van der Waals surface area (Å²) in [5, 5.41) is 2.46. The van der Waals surface area contributed by atoms with Gasteiger partial charge in [0.15, 0.2) is 0 Å². The van der Waals surface area contributed by atoms with E-state index < -0.39 is 17.9 Å². The van der Waals surface area contributed by atoms with Gasteiger partial charge in [0, 0.05) is 18.8 Å². The van der Waals surface area contributed by atoms with Crippen molar-refractivity contribution in [2.24, 2.45) is 5.73 Å². The van der Waals surface area contributed by atoms with Crippen LogP contribution in [-0.2, 0) is 4.74 Å². The lowest BCUT2D eigenvalue weighted by Crippen LogP contribution is -2.43. The Kier molecular flexibility index (Phi) is 5.74. The van der Waals surface area contributed by atoms with E-state index in [4.69, 9.17) is 10.5 Å². The highest BCUT2D eigenvalue weighted by Gasteiger charge is 2.21. The number of hydrogen-bond acceptors (Lipinski definition) is 4. The van der Waals surface area contributed by atoms with Crippen LogP contribution in [0, 0.1) is 5.82 Å². The van der Waals surface area contributed by atoms with Crippen molar-refractivity contribution in [2.75, 3.05) is 25.0 Å². The first kappa shape index (κ1) is 14.9. The third kappa shape index (κ3) is 4.55. The van der Waals surface area contributed by atoms with Gasteiger partial charge in [-0.3, -0.25) is 0 Å². The maximum absolute atomic E-state index is 12.7. The predicted octanol–water partition coefficient (Wildman–Crippen LogP) is 1.77. The largest absolute Gasteiger partial charge is 0.449 e. The first-order chi connectivity index (χ1) is 9.08. The van der Waals surface area contributed by atoms with E-state index in [0.717, 1.165) is 4.90 Å². The van der Waals surface area contributed by atoms with E-state index in [0.29, 0.717) is 5.69 Å². The van der Waals surface area contributed by atoms with Gasteiger partial charge in [-0.05, 0) is 31.2 Å². The highest BCUT2D eigenvalue weighted by Crippen LogP contribution is 2.09. The minimum Gasteiger partial charge on any atom is -0.449 e. The Morgan fingerprint density at radius 2 is 2.00 bits per heavy atom. The summed E-state index contributed by atoms with van der Waals surface area (Å²) >= 11 is 0. The fourth-order valence-corrected chi connectivity index (χ4v) is 1.33. The number of carbonyl (C=O) groups excluding carboxylic acids is 2. The zero-order valence-corrected chi connectivity index (χ0v) is 10.6. The number of nitrogens with one attached hydrogen (secondary N) is 1. The van der Waals surface area contributed by atoms with E-state index >= 15 is 0 Å². The normalized spacial score (nSPS) is 9.84. The van der Waals surface area contributed by atoms with Gasteiger partial charge in [-0.1, -0.05) is 0 Å². The number of hydrogen-bond donors (Lipinski definition) is 2. The third-order valence-electron chi connectivity index (χ3n) is 2.18. The van der Waals surface area contributed by atoms with Gasteiger partial charge in [0.05, 0.1) is 6.61 Å². The van der Waals surface area contributed by atoms with Gasteiger partial charge in [0.1, 0.15) is 5.82 Å². The summed E-state index contributed by atoms with van der Waals surface area (Å²) in [5.74, 6) is -0.415. The topological polar surface area (TPSA) is 84.7 Å². The molecule has 3 N–H and O–H groups in total. The van der Waals surface area contributed by atoms with Crippen LogP contribution < -0.4 is 11.1 Å². The van der Waals surface area contributed by atoms with Crippen LogP contribution in [0.2, 0.25) is 0 Å². The highest BCUT2D eigenvalue weighted by atomic mass is 19.1. The molecule has 1 aromatic carbocycles. The first-order valence-corrected chi connectivity index (χ1v) is 5.79. The Hall–Kier alpha value is -2.15. The van der Waals surface area contributed by atoms with Crippen LogP contribution >= 0.6 is 0 Å². The first-order valence-electron chi connectivity index (χ1n) is 5.79. The molecule has 0 bridgehead atoms. The van der Waals surface area contributed by atoms with Crippen LogP contribution in [0.1, 0.15) is 6.92 Å². The minimum absolute atomic E-state index is 0.0336. The van der Waals surface area contributed by atoms with E-state index in [1.54, 1.807) is 6.92 Å². The predicted molar refractivity (Wildman–Crippen MR) is 68.2 cm³/mol. The lowest BCUT2D eigenvalue weighted by molar-refractivity contribution is 0.118. The Morgan fingerprint density at radius 1 is 1.37 bits per heavy atom. The molecule has 0 radical (unpaired) electrons. The number of anilines is 1. The second kappa shape index (κ2) is 7.32. The second-order valence-electron chi connectivity index (χ2n) is 3.58. The maximum atomic E-state index is 12.7. The van der Waals surface area contributed by atoms with Crippen molar-refractivity contribution in [1.82, 2.24) is 4.90 Å². The number of carbonyl (C=O) groups is 2. The summed E-state index contributed by atoms with van der Waals surface area (Å²) in [6.45, 7) is 1.95. The third-order valence-corrected chi connectivity index (χ3v) is 2.18. The summed E-state index contributed by atoms with van der Waals surface area (Å²) in [5.41, 5.74) is 5.71. The van der Waals surface area contributed by atoms with E-state index in [9.17, 15) is 14.0 Å². The van der Waals surface area contributed by atoms with E-state index in [-0.39, 0.29) is 19.7 Å².